The fourth-order valence-corrected chi connectivity index (χ4v) is 3.21. The molecule has 0 fully saturated rings. The molecule has 2 amide bonds. The first-order valence-electron chi connectivity index (χ1n) is 8.65. The van der Waals surface area contributed by atoms with Gasteiger partial charge in [-0.2, -0.15) is 0 Å². The van der Waals surface area contributed by atoms with Crippen molar-refractivity contribution in [1.29, 1.82) is 0 Å². The van der Waals surface area contributed by atoms with Crippen LogP contribution in [0.4, 0.5) is 0 Å². The molecule has 0 radical (unpaired) electrons. The second kappa shape index (κ2) is 7.58. The molecule has 0 atom stereocenters. The quantitative estimate of drug-likeness (QED) is 0.449. The van der Waals surface area contributed by atoms with E-state index >= 15 is 0 Å². The van der Waals surface area contributed by atoms with Gasteiger partial charge in [0, 0.05) is 21.5 Å². The minimum absolute atomic E-state index is 0.328. The lowest BCUT2D eigenvalue weighted by Gasteiger charge is -2.11. The summed E-state index contributed by atoms with van der Waals surface area (Å²) in [6, 6.07) is 23.8. The highest BCUT2D eigenvalue weighted by Crippen LogP contribution is 2.23. The molecule has 1 heterocycles. The summed E-state index contributed by atoms with van der Waals surface area (Å²) in [5, 5.41) is 1.41. The molecule has 1 aromatic heterocycles. The summed E-state index contributed by atoms with van der Waals surface area (Å²) < 4.78 is 0. The number of amides is 2. The van der Waals surface area contributed by atoms with Crippen molar-refractivity contribution >= 4 is 34.3 Å². The Balaban J connectivity index is 1.51. The van der Waals surface area contributed by atoms with Gasteiger partial charge in [0.1, 0.15) is 5.69 Å². The monoisotopic (exact) mass is 389 g/mol. The molecular formula is C22H16ClN3O2. The molecule has 0 spiro atoms. The van der Waals surface area contributed by atoms with Gasteiger partial charge in [-0.05, 0) is 41.5 Å². The summed E-state index contributed by atoms with van der Waals surface area (Å²) in [5.41, 5.74) is 8.22. The smallest absolute Gasteiger partial charge is 0.286 e. The lowest BCUT2D eigenvalue weighted by molar-refractivity contribution is 0.0845. The summed E-state index contributed by atoms with van der Waals surface area (Å²) in [4.78, 5) is 28.0. The van der Waals surface area contributed by atoms with E-state index in [0.29, 0.717) is 16.3 Å². The van der Waals surface area contributed by atoms with E-state index in [1.807, 2.05) is 42.5 Å². The van der Waals surface area contributed by atoms with Crippen molar-refractivity contribution < 1.29 is 9.59 Å². The molecule has 6 heteroatoms. The zero-order valence-corrected chi connectivity index (χ0v) is 15.5. The van der Waals surface area contributed by atoms with Crippen LogP contribution < -0.4 is 10.9 Å². The number of fused-ring (bicyclic) bond motifs is 1. The number of carbonyl (C=O) groups excluding carboxylic acids is 2. The average molecular weight is 390 g/mol. The normalized spacial score (nSPS) is 10.6. The molecular weight excluding hydrogens is 374 g/mol. The molecule has 3 N–H and O–H groups in total. The number of hydrazine groups is 1. The van der Waals surface area contributed by atoms with Gasteiger partial charge in [0.2, 0.25) is 0 Å². The van der Waals surface area contributed by atoms with Crippen LogP contribution in [0.25, 0.3) is 22.0 Å². The van der Waals surface area contributed by atoms with Crippen LogP contribution in [0.1, 0.15) is 20.8 Å². The Morgan fingerprint density at radius 1 is 0.786 bits per heavy atom. The number of carbonyl (C=O) groups is 2. The minimum Gasteiger partial charge on any atom is -0.350 e. The van der Waals surface area contributed by atoms with Gasteiger partial charge in [0.05, 0.1) is 0 Å². The maximum Gasteiger partial charge on any atom is 0.286 e. The SMILES string of the molecule is O=C(NNC(=O)c1ccccc1-c1ccccc1)c1cc2cc(Cl)ccc2[nH]1. The number of hydrogen-bond acceptors (Lipinski definition) is 2. The van der Waals surface area contributed by atoms with Crippen LogP contribution in [0.5, 0.6) is 0 Å². The molecule has 5 nitrogen and oxygen atoms in total. The van der Waals surface area contributed by atoms with Crippen LogP contribution in [0, 0.1) is 0 Å². The third kappa shape index (κ3) is 3.61. The predicted octanol–water partition coefficient (Wildman–Crippen LogP) is 4.56. The number of nitrogens with one attached hydrogen (secondary N) is 3. The van der Waals surface area contributed by atoms with Crippen LogP contribution in [-0.2, 0) is 0 Å². The summed E-state index contributed by atoms with van der Waals surface area (Å²) >= 11 is 5.97. The first-order valence-corrected chi connectivity index (χ1v) is 9.03. The third-order valence-electron chi connectivity index (χ3n) is 4.37. The first kappa shape index (κ1) is 17.8. The van der Waals surface area contributed by atoms with Crippen LogP contribution in [0.2, 0.25) is 5.02 Å². The zero-order chi connectivity index (χ0) is 19.5. The van der Waals surface area contributed by atoms with Gasteiger partial charge in [-0.15, -0.1) is 0 Å². The van der Waals surface area contributed by atoms with Crippen molar-refractivity contribution in [2.75, 3.05) is 0 Å². The van der Waals surface area contributed by atoms with Gasteiger partial charge in [-0.1, -0.05) is 60.1 Å². The Morgan fingerprint density at radius 3 is 2.32 bits per heavy atom. The number of rotatable bonds is 3. The van der Waals surface area contributed by atoms with Gasteiger partial charge in [0.25, 0.3) is 11.8 Å². The number of halogens is 1. The van der Waals surface area contributed by atoms with E-state index in [4.69, 9.17) is 11.6 Å². The molecule has 4 rings (SSSR count). The topological polar surface area (TPSA) is 74.0 Å². The average Bonchev–Trinajstić information content (AvgIpc) is 3.15. The molecule has 3 aromatic carbocycles. The Labute approximate surface area is 166 Å². The highest BCUT2D eigenvalue weighted by Gasteiger charge is 2.15. The number of aromatic nitrogens is 1. The molecule has 4 aromatic rings. The van der Waals surface area contributed by atoms with Crippen molar-refractivity contribution in [3.05, 3.63) is 95.1 Å². The molecule has 0 saturated carbocycles. The molecule has 138 valence electrons. The number of H-pyrrole nitrogens is 1. The lowest BCUT2D eigenvalue weighted by Crippen LogP contribution is -2.41. The molecule has 28 heavy (non-hydrogen) atoms. The van der Waals surface area contributed by atoms with Crippen molar-refractivity contribution in [3.63, 3.8) is 0 Å². The molecule has 0 saturated heterocycles. The largest absolute Gasteiger partial charge is 0.350 e. The Morgan fingerprint density at radius 2 is 1.50 bits per heavy atom. The van der Waals surface area contributed by atoms with Gasteiger partial charge in [0.15, 0.2) is 0 Å². The van der Waals surface area contributed by atoms with Gasteiger partial charge < -0.3 is 4.98 Å². The Kier molecular flexibility index (Phi) is 4.83. The van der Waals surface area contributed by atoms with Crippen molar-refractivity contribution in [1.82, 2.24) is 15.8 Å². The van der Waals surface area contributed by atoms with E-state index < -0.39 is 11.8 Å². The maximum absolute atomic E-state index is 12.6. The summed E-state index contributed by atoms with van der Waals surface area (Å²) in [7, 11) is 0. The van der Waals surface area contributed by atoms with Gasteiger partial charge in [-0.25, -0.2) is 0 Å². The van der Waals surface area contributed by atoms with Crippen LogP contribution in [0.15, 0.2) is 78.9 Å². The van der Waals surface area contributed by atoms with Gasteiger partial charge >= 0.3 is 0 Å². The minimum atomic E-state index is -0.446. The summed E-state index contributed by atoms with van der Waals surface area (Å²) in [6.45, 7) is 0. The van der Waals surface area contributed by atoms with Crippen LogP contribution in [-0.4, -0.2) is 16.8 Å². The lowest BCUT2D eigenvalue weighted by atomic mass is 9.99. The molecule has 0 aliphatic rings. The van der Waals surface area contributed by atoms with E-state index in [-0.39, 0.29) is 0 Å². The van der Waals surface area contributed by atoms with Crippen molar-refractivity contribution in [2.24, 2.45) is 0 Å². The van der Waals surface area contributed by atoms with Gasteiger partial charge in [-0.3, -0.25) is 20.4 Å². The van der Waals surface area contributed by atoms with Crippen LogP contribution >= 0.6 is 11.6 Å². The van der Waals surface area contributed by atoms with E-state index in [2.05, 4.69) is 15.8 Å². The molecule has 0 unspecified atom stereocenters. The first-order chi connectivity index (χ1) is 13.6. The number of aromatic amines is 1. The Bertz CT molecular complexity index is 1170. The third-order valence-corrected chi connectivity index (χ3v) is 4.61. The van der Waals surface area contributed by atoms with E-state index in [1.165, 1.54) is 0 Å². The number of benzene rings is 3. The molecule has 0 aliphatic carbocycles. The fourth-order valence-electron chi connectivity index (χ4n) is 3.02. The second-order valence-electron chi connectivity index (χ2n) is 6.23. The summed E-state index contributed by atoms with van der Waals surface area (Å²) in [5.74, 6) is -0.843. The zero-order valence-electron chi connectivity index (χ0n) is 14.7. The Hall–Kier alpha value is -3.57. The van der Waals surface area contributed by atoms with E-state index in [0.717, 1.165) is 22.0 Å². The van der Waals surface area contributed by atoms with Crippen molar-refractivity contribution in [3.8, 4) is 11.1 Å². The fraction of sp³-hybridized carbons (Fsp3) is 0. The summed E-state index contributed by atoms with van der Waals surface area (Å²) in [6.07, 6.45) is 0. The van der Waals surface area contributed by atoms with E-state index in [9.17, 15) is 9.59 Å². The predicted molar refractivity (Wildman–Crippen MR) is 110 cm³/mol. The number of hydrogen-bond donors (Lipinski definition) is 3. The standard InChI is InChI=1S/C22H16ClN3O2/c23-16-10-11-19-15(12-16)13-20(24-19)22(28)26-25-21(27)18-9-5-4-8-17(18)14-6-2-1-3-7-14/h1-13,24H,(H,25,27)(H,26,28). The second-order valence-corrected chi connectivity index (χ2v) is 6.67. The van der Waals surface area contributed by atoms with Crippen LogP contribution in [0.3, 0.4) is 0 Å². The highest BCUT2D eigenvalue weighted by molar-refractivity contribution is 6.31. The molecule has 0 bridgehead atoms. The highest BCUT2D eigenvalue weighted by atomic mass is 35.5. The molecule has 0 aliphatic heterocycles. The van der Waals surface area contributed by atoms with E-state index in [1.54, 1.807) is 36.4 Å². The maximum atomic E-state index is 12.6. The van der Waals surface area contributed by atoms with Crippen molar-refractivity contribution in [2.45, 2.75) is 0 Å².